The van der Waals surface area contributed by atoms with E-state index in [2.05, 4.69) is 10.6 Å². The van der Waals surface area contributed by atoms with Crippen molar-refractivity contribution in [1.82, 2.24) is 10.6 Å². The van der Waals surface area contributed by atoms with E-state index >= 15 is 0 Å². The lowest BCUT2D eigenvalue weighted by atomic mass is 10.2. The van der Waals surface area contributed by atoms with Gasteiger partial charge in [-0.05, 0) is 18.2 Å². The fraction of sp³-hybridized carbons (Fsp3) is 0.316. The van der Waals surface area contributed by atoms with Crippen LogP contribution in [0.5, 0.6) is 11.5 Å². The number of carbonyl (C=O) groups excluding carboxylic acids is 1. The van der Waals surface area contributed by atoms with Gasteiger partial charge in [0.2, 0.25) is 5.91 Å². The second kappa shape index (κ2) is 8.47. The van der Waals surface area contributed by atoms with E-state index in [0.717, 1.165) is 30.2 Å². The lowest BCUT2D eigenvalue weighted by Gasteiger charge is -2.23. The fourth-order valence-electron chi connectivity index (χ4n) is 2.59. The molecule has 0 spiro atoms. The van der Waals surface area contributed by atoms with Crippen molar-refractivity contribution in [1.29, 1.82) is 0 Å². The third kappa shape index (κ3) is 4.81. The molecule has 0 bridgehead atoms. The van der Waals surface area contributed by atoms with Crippen molar-refractivity contribution in [3.05, 3.63) is 60.2 Å². The monoisotopic (exact) mass is 326 g/mol. The lowest BCUT2D eigenvalue weighted by Crippen LogP contribution is -2.41. The SMILES string of the molecule is O=C(C[C@H]1CNCCO1)NCc1ccccc1Oc1ccccc1. The van der Waals surface area contributed by atoms with Gasteiger partial charge in [-0.3, -0.25) is 4.79 Å². The number of hydrogen-bond acceptors (Lipinski definition) is 4. The van der Waals surface area contributed by atoms with Crippen molar-refractivity contribution in [2.75, 3.05) is 19.7 Å². The zero-order valence-electron chi connectivity index (χ0n) is 13.5. The van der Waals surface area contributed by atoms with Gasteiger partial charge in [0.05, 0.1) is 19.1 Å². The van der Waals surface area contributed by atoms with Crippen molar-refractivity contribution < 1.29 is 14.3 Å². The molecule has 0 radical (unpaired) electrons. The Labute approximate surface area is 142 Å². The lowest BCUT2D eigenvalue weighted by molar-refractivity contribution is -0.124. The number of nitrogens with one attached hydrogen (secondary N) is 2. The van der Waals surface area contributed by atoms with E-state index in [4.69, 9.17) is 9.47 Å². The van der Waals surface area contributed by atoms with Gasteiger partial charge < -0.3 is 20.1 Å². The average Bonchev–Trinajstić information content (AvgIpc) is 2.63. The van der Waals surface area contributed by atoms with Gasteiger partial charge in [0.25, 0.3) is 0 Å². The van der Waals surface area contributed by atoms with E-state index in [1.165, 1.54) is 0 Å². The van der Waals surface area contributed by atoms with Crippen molar-refractivity contribution in [2.45, 2.75) is 19.1 Å². The molecule has 2 aromatic rings. The first-order valence-electron chi connectivity index (χ1n) is 8.21. The molecule has 5 heteroatoms. The van der Waals surface area contributed by atoms with Gasteiger partial charge in [0.1, 0.15) is 11.5 Å². The average molecular weight is 326 g/mol. The summed E-state index contributed by atoms with van der Waals surface area (Å²) in [6, 6.07) is 17.3. The molecule has 0 saturated carbocycles. The molecule has 2 aromatic carbocycles. The van der Waals surface area contributed by atoms with Crippen molar-refractivity contribution in [3.8, 4) is 11.5 Å². The molecule has 0 aromatic heterocycles. The van der Waals surface area contributed by atoms with Gasteiger partial charge in [-0.25, -0.2) is 0 Å². The number of benzene rings is 2. The summed E-state index contributed by atoms with van der Waals surface area (Å²) in [5.41, 5.74) is 0.942. The number of morpholine rings is 1. The molecule has 1 heterocycles. The Morgan fingerprint density at radius 3 is 2.75 bits per heavy atom. The summed E-state index contributed by atoms with van der Waals surface area (Å²) in [7, 11) is 0. The van der Waals surface area contributed by atoms with Crippen molar-refractivity contribution in [2.24, 2.45) is 0 Å². The second-order valence-electron chi connectivity index (χ2n) is 5.70. The Balaban J connectivity index is 1.55. The van der Waals surface area contributed by atoms with E-state index < -0.39 is 0 Å². The Hall–Kier alpha value is -2.37. The Morgan fingerprint density at radius 2 is 1.96 bits per heavy atom. The second-order valence-corrected chi connectivity index (χ2v) is 5.70. The molecular formula is C19H22N2O3. The first kappa shape index (κ1) is 16.5. The maximum Gasteiger partial charge on any atom is 0.222 e. The van der Waals surface area contributed by atoms with Crippen LogP contribution in [-0.4, -0.2) is 31.7 Å². The van der Waals surface area contributed by atoms with E-state index in [1.807, 2.05) is 54.6 Å². The number of amides is 1. The summed E-state index contributed by atoms with van der Waals surface area (Å²) in [6.45, 7) is 2.66. The zero-order chi connectivity index (χ0) is 16.6. The quantitative estimate of drug-likeness (QED) is 0.856. The van der Waals surface area contributed by atoms with Crippen LogP contribution < -0.4 is 15.4 Å². The summed E-state index contributed by atoms with van der Waals surface area (Å²) >= 11 is 0. The molecule has 1 aliphatic heterocycles. The van der Waals surface area contributed by atoms with Crippen molar-refractivity contribution in [3.63, 3.8) is 0 Å². The highest BCUT2D eigenvalue weighted by Gasteiger charge is 2.17. The first-order chi connectivity index (χ1) is 11.8. The van der Waals surface area contributed by atoms with Gasteiger partial charge >= 0.3 is 0 Å². The molecule has 1 amide bonds. The third-order valence-electron chi connectivity index (χ3n) is 3.84. The van der Waals surface area contributed by atoms with Gasteiger partial charge in [0.15, 0.2) is 0 Å². The zero-order valence-corrected chi connectivity index (χ0v) is 13.5. The molecule has 1 aliphatic rings. The summed E-state index contributed by atoms with van der Waals surface area (Å²) < 4.78 is 11.5. The minimum atomic E-state index is -0.0467. The molecule has 5 nitrogen and oxygen atoms in total. The maximum absolute atomic E-state index is 12.1. The van der Waals surface area contributed by atoms with E-state index in [-0.39, 0.29) is 12.0 Å². The molecule has 1 saturated heterocycles. The molecule has 24 heavy (non-hydrogen) atoms. The third-order valence-corrected chi connectivity index (χ3v) is 3.84. The molecular weight excluding hydrogens is 304 g/mol. The highest BCUT2D eigenvalue weighted by Crippen LogP contribution is 2.24. The summed E-state index contributed by atoms with van der Waals surface area (Å²) in [5, 5.41) is 6.17. The highest BCUT2D eigenvalue weighted by molar-refractivity contribution is 5.76. The molecule has 1 fully saturated rings. The van der Waals surface area contributed by atoms with Crippen molar-refractivity contribution >= 4 is 5.91 Å². The van der Waals surface area contributed by atoms with E-state index in [9.17, 15) is 4.79 Å². The van der Waals surface area contributed by atoms with Crippen LogP contribution in [0.4, 0.5) is 0 Å². The number of ether oxygens (including phenoxy) is 2. The van der Waals surface area contributed by atoms with Crippen LogP contribution in [0.2, 0.25) is 0 Å². The molecule has 0 aliphatic carbocycles. The summed E-state index contributed by atoms with van der Waals surface area (Å²) in [6.07, 6.45) is 0.323. The topological polar surface area (TPSA) is 59.6 Å². The normalized spacial score (nSPS) is 17.2. The molecule has 2 N–H and O–H groups in total. The van der Waals surface area contributed by atoms with Crippen LogP contribution in [-0.2, 0) is 16.1 Å². The predicted molar refractivity (Wildman–Crippen MR) is 92.0 cm³/mol. The number of para-hydroxylation sites is 2. The smallest absolute Gasteiger partial charge is 0.222 e. The Bertz CT molecular complexity index is 655. The van der Waals surface area contributed by atoms with Crippen LogP contribution in [0.3, 0.4) is 0 Å². The maximum atomic E-state index is 12.1. The fourth-order valence-corrected chi connectivity index (χ4v) is 2.59. The predicted octanol–water partition coefficient (Wildman–Crippen LogP) is 2.47. The number of carbonyl (C=O) groups is 1. The summed E-state index contributed by atoms with van der Waals surface area (Å²) in [4.78, 5) is 12.1. The Kier molecular flexibility index (Phi) is 5.82. The molecule has 126 valence electrons. The van der Waals surface area contributed by atoms with Gasteiger partial charge in [-0.2, -0.15) is 0 Å². The van der Waals surface area contributed by atoms with Crippen LogP contribution in [0, 0.1) is 0 Å². The Morgan fingerprint density at radius 1 is 1.17 bits per heavy atom. The minimum Gasteiger partial charge on any atom is -0.457 e. The molecule has 1 atom stereocenters. The van der Waals surface area contributed by atoms with Gasteiger partial charge in [-0.1, -0.05) is 36.4 Å². The minimum absolute atomic E-state index is 0.0155. The first-order valence-corrected chi connectivity index (χ1v) is 8.21. The summed E-state index contributed by atoms with van der Waals surface area (Å²) in [5.74, 6) is 1.51. The van der Waals surface area contributed by atoms with Crippen LogP contribution in [0.15, 0.2) is 54.6 Å². The van der Waals surface area contributed by atoms with E-state index in [1.54, 1.807) is 0 Å². The van der Waals surface area contributed by atoms with Gasteiger partial charge in [-0.15, -0.1) is 0 Å². The highest BCUT2D eigenvalue weighted by atomic mass is 16.5. The molecule has 0 unspecified atom stereocenters. The molecule has 3 rings (SSSR count). The number of hydrogen-bond donors (Lipinski definition) is 2. The van der Waals surface area contributed by atoms with Gasteiger partial charge in [0, 0.05) is 25.2 Å². The van der Waals surface area contributed by atoms with Crippen LogP contribution in [0.1, 0.15) is 12.0 Å². The standard InChI is InChI=1S/C19H22N2O3/c22-19(12-17-14-20-10-11-23-17)21-13-15-6-4-5-9-18(15)24-16-7-2-1-3-8-16/h1-9,17,20H,10-14H2,(H,21,22)/t17-/m0/s1. The largest absolute Gasteiger partial charge is 0.457 e. The van der Waals surface area contributed by atoms with Crippen LogP contribution in [0.25, 0.3) is 0 Å². The van der Waals surface area contributed by atoms with E-state index in [0.29, 0.717) is 19.6 Å². The number of rotatable bonds is 6. The van der Waals surface area contributed by atoms with Crippen LogP contribution >= 0.6 is 0 Å².